The summed E-state index contributed by atoms with van der Waals surface area (Å²) in [7, 11) is -3.66. The number of rotatable bonds is 4. The molecule has 0 saturated heterocycles. The molecular weight excluding hydrogens is 306 g/mol. The molecule has 114 valence electrons. The van der Waals surface area contributed by atoms with E-state index in [0.29, 0.717) is 21.9 Å². The molecule has 0 unspecified atom stereocenters. The van der Waals surface area contributed by atoms with E-state index in [2.05, 4.69) is 9.71 Å². The van der Waals surface area contributed by atoms with Crippen LogP contribution >= 0.6 is 11.3 Å². The second-order valence-corrected chi connectivity index (χ2v) is 7.80. The first-order valence-electron chi connectivity index (χ1n) is 6.55. The molecule has 0 atom stereocenters. The minimum atomic E-state index is -3.66. The summed E-state index contributed by atoms with van der Waals surface area (Å²) < 4.78 is 27.6. The molecule has 1 aromatic carbocycles. The van der Waals surface area contributed by atoms with E-state index in [9.17, 15) is 8.42 Å². The van der Waals surface area contributed by atoms with Crippen molar-refractivity contribution in [3.63, 3.8) is 0 Å². The molecule has 0 amide bonds. The molecule has 0 aliphatic heterocycles. The number of nitrogens with two attached hydrogens (primary N) is 1. The van der Waals surface area contributed by atoms with Gasteiger partial charge in [0, 0.05) is 11.1 Å². The van der Waals surface area contributed by atoms with Crippen molar-refractivity contribution in [3.8, 4) is 0 Å². The van der Waals surface area contributed by atoms with Crippen LogP contribution in [0.15, 0.2) is 22.4 Å². The average molecular weight is 325 g/mol. The van der Waals surface area contributed by atoms with Gasteiger partial charge in [0.05, 0.1) is 10.6 Å². The van der Waals surface area contributed by atoms with Crippen LogP contribution in [0.3, 0.4) is 0 Å². The Bertz CT molecular complexity index is 741. The molecule has 0 bridgehead atoms. The van der Waals surface area contributed by atoms with E-state index in [1.807, 2.05) is 19.2 Å². The lowest BCUT2D eigenvalue weighted by molar-refractivity contribution is 0.600. The van der Waals surface area contributed by atoms with Gasteiger partial charge in [-0.05, 0) is 43.0 Å². The zero-order valence-corrected chi connectivity index (χ0v) is 14.1. The smallest absolute Gasteiger partial charge is 0.264 e. The predicted octanol–water partition coefficient (Wildman–Crippen LogP) is 3.27. The van der Waals surface area contributed by atoms with E-state index in [-0.39, 0.29) is 10.8 Å². The number of benzene rings is 1. The number of anilines is 2. The molecule has 0 fully saturated rings. The van der Waals surface area contributed by atoms with E-state index in [1.165, 1.54) is 11.3 Å². The summed E-state index contributed by atoms with van der Waals surface area (Å²) >= 11 is 1.29. The molecule has 0 aliphatic rings. The third-order valence-electron chi connectivity index (χ3n) is 3.09. The second kappa shape index (κ2) is 5.65. The highest BCUT2D eigenvalue weighted by Crippen LogP contribution is 2.27. The molecule has 1 aromatic heterocycles. The standard InChI is InChI=1S/C14H19N3O2S2/c1-8(2)12-7-20-14(16-12)17-21(18,19)13-9(3)5-11(15)6-10(13)4/h5-8H,15H2,1-4H3,(H,16,17). The Morgan fingerprint density at radius 3 is 2.29 bits per heavy atom. The first-order valence-corrected chi connectivity index (χ1v) is 8.92. The van der Waals surface area contributed by atoms with E-state index in [0.717, 1.165) is 5.69 Å². The number of thiazole rings is 1. The molecule has 3 N–H and O–H groups in total. The van der Waals surface area contributed by atoms with Gasteiger partial charge in [-0.15, -0.1) is 11.3 Å². The molecule has 0 aliphatic carbocycles. The summed E-state index contributed by atoms with van der Waals surface area (Å²) in [5.74, 6) is 0.263. The highest BCUT2D eigenvalue weighted by molar-refractivity contribution is 7.93. The van der Waals surface area contributed by atoms with Gasteiger partial charge in [-0.2, -0.15) is 0 Å². The van der Waals surface area contributed by atoms with Crippen LogP contribution in [0.4, 0.5) is 10.8 Å². The second-order valence-electron chi connectivity index (χ2n) is 5.32. The Hall–Kier alpha value is -1.60. The molecule has 1 heterocycles. The van der Waals surface area contributed by atoms with Crippen molar-refractivity contribution >= 4 is 32.2 Å². The van der Waals surface area contributed by atoms with E-state index in [4.69, 9.17) is 5.73 Å². The number of sulfonamides is 1. The molecular formula is C14H19N3O2S2. The monoisotopic (exact) mass is 325 g/mol. The Balaban J connectivity index is 2.38. The van der Waals surface area contributed by atoms with Crippen LogP contribution in [0.25, 0.3) is 0 Å². The summed E-state index contributed by atoms with van der Waals surface area (Å²) in [6, 6.07) is 3.31. The maximum absolute atomic E-state index is 12.5. The topological polar surface area (TPSA) is 85.1 Å². The average Bonchev–Trinajstić information content (AvgIpc) is 2.74. The normalized spacial score (nSPS) is 11.9. The van der Waals surface area contributed by atoms with Gasteiger partial charge < -0.3 is 5.73 Å². The molecule has 2 rings (SSSR count). The van der Waals surface area contributed by atoms with Crippen LogP contribution in [-0.4, -0.2) is 13.4 Å². The molecule has 0 spiro atoms. The minimum absolute atomic E-state index is 0.262. The van der Waals surface area contributed by atoms with Gasteiger partial charge in [-0.25, -0.2) is 13.4 Å². The summed E-state index contributed by atoms with van der Waals surface area (Å²) in [5, 5.41) is 2.25. The van der Waals surface area contributed by atoms with Gasteiger partial charge in [-0.1, -0.05) is 13.8 Å². The van der Waals surface area contributed by atoms with Crippen molar-refractivity contribution in [3.05, 3.63) is 34.3 Å². The van der Waals surface area contributed by atoms with Gasteiger partial charge in [-0.3, -0.25) is 4.72 Å². The lowest BCUT2D eigenvalue weighted by Gasteiger charge is -2.12. The number of aryl methyl sites for hydroxylation is 2. The third kappa shape index (κ3) is 3.36. The summed E-state index contributed by atoms with van der Waals surface area (Å²) in [6.07, 6.45) is 0. The number of hydrogen-bond donors (Lipinski definition) is 2. The van der Waals surface area contributed by atoms with Crippen molar-refractivity contribution in [1.29, 1.82) is 0 Å². The van der Waals surface area contributed by atoms with Crippen LogP contribution < -0.4 is 10.5 Å². The summed E-state index contributed by atoms with van der Waals surface area (Å²) in [6.45, 7) is 7.50. The Kier molecular flexibility index (Phi) is 4.25. The SMILES string of the molecule is Cc1cc(N)cc(C)c1S(=O)(=O)Nc1nc(C(C)C)cs1. The minimum Gasteiger partial charge on any atom is -0.399 e. The van der Waals surface area contributed by atoms with Crippen molar-refractivity contribution in [2.75, 3.05) is 10.5 Å². The zero-order valence-electron chi connectivity index (χ0n) is 12.5. The van der Waals surface area contributed by atoms with Crippen LogP contribution in [-0.2, 0) is 10.0 Å². The van der Waals surface area contributed by atoms with E-state index < -0.39 is 10.0 Å². The van der Waals surface area contributed by atoms with Gasteiger partial charge in [0.15, 0.2) is 5.13 Å². The van der Waals surface area contributed by atoms with Crippen LogP contribution in [0.1, 0.15) is 36.6 Å². The maximum atomic E-state index is 12.5. The quantitative estimate of drug-likeness (QED) is 0.845. The third-order valence-corrected chi connectivity index (χ3v) is 5.64. The number of nitrogen functional groups attached to an aromatic ring is 1. The highest BCUT2D eigenvalue weighted by atomic mass is 32.2. The maximum Gasteiger partial charge on any atom is 0.264 e. The Morgan fingerprint density at radius 1 is 1.24 bits per heavy atom. The predicted molar refractivity (Wildman–Crippen MR) is 87.3 cm³/mol. The van der Waals surface area contributed by atoms with Gasteiger partial charge in [0.1, 0.15) is 0 Å². The molecule has 0 radical (unpaired) electrons. The first kappa shape index (κ1) is 15.8. The highest BCUT2D eigenvalue weighted by Gasteiger charge is 2.21. The molecule has 21 heavy (non-hydrogen) atoms. The lowest BCUT2D eigenvalue weighted by atomic mass is 10.1. The van der Waals surface area contributed by atoms with Crippen LogP contribution in [0.5, 0.6) is 0 Å². The van der Waals surface area contributed by atoms with E-state index >= 15 is 0 Å². The lowest BCUT2D eigenvalue weighted by Crippen LogP contribution is -2.16. The van der Waals surface area contributed by atoms with E-state index in [1.54, 1.807) is 26.0 Å². The van der Waals surface area contributed by atoms with Crippen molar-refractivity contribution in [1.82, 2.24) is 4.98 Å². The van der Waals surface area contributed by atoms with Crippen molar-refractivity contribution in [2.45, 2.75) is 38.5 Å². The van der Waals surface area contributed by atoms with Gasteiger partial charge >= 0.3 is 0 Å². The van der Waals surface area contributed by atoms with Gasteiger partial charge in [0.2, 0.25) is 0 Å². The molecule has 5 nitrogen and oxygen atoms in total. The van der Waals surface area contributed by atoms with Crippen molar-refractivity contribution < 1.29 is 8.42 Å². The molecule has 0 saturated carbocycles. The number of nitrogens with one attached hydrogen (secondary N) is 1. The Morgan fingerprint density at radius 2 is 1.81 bits per heavy atom. The van der Waals surface area contributed by atoms with Crippen LogP contribution in [0, 0.1) is 13.8 Å². The fraction of sp³-hybridized carbons (Fsp3) is 0.357. The number of hydrogen-bond acceptors (Lipinski definition) is 5. The zero-order chi connectivity index (χ0) is 15.8. The number of nitrogens with zero attached hydrogens (tertiary/aromatic N) is 1. The molecule has 7 heteroatoms. The largest absolute Gasteiger partial charge is 0.399 e. The van der Waals surface area contributed by atoms with Gasteiger partial charge in [0.25, 0.3) is 10.0 Å². The summed E-state index contributed by atoms with van der Waals surface area (Å²) in [4.78, 5) is 4.56. The first-order chi connectivity index (χ1) is 9.70. The Labute approximate surface area is 129 Å². The summed E-state index contributed by atoms with van der Waals surface area (Å²) in [5.41, 5.74) is 8.42. The fourth-order valence-corrected chi connectivity index (χ4v) is 4.75. The molecule has 2 aromatic rings. The number of aromatic nitrogens is 1. The van der Waals surface area contributed by atoms with Crippen molar-refractivity contribution in [2.24, 2.45) is 0 Å². The van der Waals surface area contributed by atoms with Crippen LogP contribution in [0.2, 0.25) is 0 Å². The fourth-order valence-electron chi connectivity index (χ4n) is 2.17.